The molecule has 5 nitrogen and oxygen atoms in total. The number of para-hydroxylation sites is 2. The summed E-state index contributed by atoms with van der Waals surface area (Å²) in [6.07, 6.45) is 0. The molecule has 0 unspecified atom stereocenters. The van der Waals surface area contributed by atoms with Crippen LogP contribution in [-0.4, -0.2) is 36.6 Å². The van der Waals surface area contributed by atoms with Gasteiger partial charge < -0.3 is 24.4 Å². The van der Waals surface area contributed by atoms with Crippen molar-refractivity contribution in [1.82, 2.24) is 0 Å². The van der Waals surface area contributed by atoms with E-state index in [1.165, 1.54) is 0 Å². The molecule has 176 valence electrons. The zero-order valence-electron chi connectivity index (χ0n) is 19.2. The van der Waals surface area contributed by atoms with Crippen molar-refractivity contribution < 1.29 is 24.4 Å². The predicted molar refractivity (Wildman–Crippen MR) is 136 cm³/mol. The van der Waals surface area contributed by atoms with Crippen LogP contribution in [0.2, 0.25) is 0 Å². The first-order chi connectivity index (χ1) is 17.3. The highest BCUT2D eigenvalue weighted by molar-refractivity contribution is 6.07. The second-order valence-corrected chi connectivity index (χ2v) is 8.04. The topological polar surface area (TPSA) is 68.2 Å². The monoisotopic (exact) mass is 466 g/mol. The molecule has 2 N–H and O–H groups in total. The number of aliphatic hydroxyl groups excluding tert-OH is 2. The molecule has 4 aromatic rings. The van der Waals surface area contributed by atoms with Gasteiger partial charge in [0.15, 0.2) is 0 Å². The quantitative estimate of drug-likeness (QED) is 0.314. The summed E-state index contributed by atoms with van der Waals surface area (Å²) in [6, 6.07) is 31.9. The zero-order valence-corrected chi connectivity index (χ0v) is 19.2. The van der Waals surface area contributed by atoms with E-state index in [4.69, 9.17) is 24.4 Å². The summed E-state index contributed by atoms with van der Waals surface area (Å²) in [7, 11) is 0. The van der Waals surface area contributed by atoms with Crippen molar-refractivity contribution in [3.8, 4) is 23.0 Å². The Morgan fingerprint density at radius 2 is 1.00 bits per heavy atom. The van der Waals surface area contributed by atoms with Crippen molar-refractivity contribution in [2.24, 2.45) is 0 Å². The van der Waals surface area contributed by atoms with Crippen LogP contribution in [0.25, 0.3) is 11.1 Å². The normalized spacial score (nSPS) is 11.8. The summed E-state index contributed by atoms with van der Waals surface area (Å²) in [5, 5.41) is 18.2. The molecule has 0 saturated carbocycles. The van der Waals surface area contributed by atoms with Gasteiger partial charge in [0.25, 0.3) is 0 Å². The maximum atomic E-state index is 9.08. The van der Waals surface area contributed by atoms with E-state index in [0.29, 0.717) is 11.5 Å². The van der Waals surface area contributed by atoms with Crippen LogP contribution in [0.3, 0.4) is 0 Å². The number of hydrogen-bond acceptors (Lipinski definition) is 5. The highest BCUT2D eigenvalue weighted by Crippen LogP contribution is 2.48. The van der Waals surface area contributed by atoms with Gasteiger partial charge in [0.2, 0.25) is 0 Å². The lowest BCUT2D eigenvalue weighted by Gasteiger charge is -2.26. The van der Waals surface area contributed by atoms with Gasteiger partial charge in [-0.15, -0.1) is 0 Å². The lowest BCUT2D eigenvalue weighted by Crippen LogP contribution is -2.06. The molecule has 5 rings (SSSR count). The third-order valence-electron chi connectivity index (χ3n) is 5.79. The number of ether oxygens (including phenoxy) is 3. The number of hydrogen-bond donors (Lipinski definition) is 2. The minimum absolute atomic E-state index is 0.0324. The number of benzene rings is 4. The Bertz CT molecular complexity index is 1220. The fourth-order valence-electron chi connectivity index (χ4n) is 4.28. The lowest BCUT2D eigenvalue weighted by atomic mass is 9.84. The molecular weight excluding hydrogens is 440 g/mol. The van der Waals surface area contributed by atoms with Gasteiger partial charge in [-0.25, -0.2) is 0 Å². The molecule has 5 heteroatoms. The van der Waals surface area contributed by atoms with Gasteiger partial charge in [0, 0.05) is 16.7 Å². The average molecular weight is 467 g/mol. The van der Waals surface area contributed by atoms with E-state index in [2.05, 4.69) is 12.1 Å². The van der Waals surface area contributed by atoms with Crippen LogP contribution in [-0.2, 0) is 0 Å². The lowest BCUT2D eigenvalue weighted by molar-refractivity contribution is 0.201. The Hall–Kier alpha value is -4.06. The second-order valence-electron chi connectivity index (χ2n) is 8.04. The van der Waals surface area contributed by atoms with Crippen LogP contribution in [0.1, 0.15) is 22.3 Å². The molecule has 35 heavy (non-hydrogen) atoms. The highest BCUT2D eigenvalue weighted by atomic mass is 16.5. The maximum Gasteiger partial charge on any atom is 0.135 e. The highest BCUT2D eigenvalue weighted by Gasteiger charge is 2.25. The standard InChI is InChI=1S/C30H26O5/c31-17-19-33-23-13-9-21(10-14-23)29(22-11-15-24(16-12-22)34-20-18-32)30-25-5-1-3-7-27(25)35-28-8-4-2-6-26(28)30/h1-16,31-32H,17-20H2. The Balaban J connectivity index is 1.72. The Morgan fingerprint density at radius 3 is 1.43 bits per heavy atom. The summed E-state index contributed by atoms with van der Waals surface area (Å²) in [6.45, 7) is 0.437. The van der Waals surface area contributed by atoms with E-state index in [-0.39, 0.29) is 26.4 Å². The minimum Gasteiger partial charge on any atom is -0.491 e. The fourth-order valence-corrected chi connectivity index (χ4v) is 4.28. The van der Waals surface area contributed by atoms with Gasteiger partial charge in [-0.05, 0) is 53.1 Å². The number of fused-ring (bicyclic) bond motifs is 2. The Morgan fingerprint density at radius 1 is 0.571 bits per heavy atom. The molecule has 0 aromatic heterocycles. The van der Waals surface area contributed by atoms with E-state index in [9.17, 15) is 0 Å². The van der Waals surface area contributed by atoms with Gasteiger partial charge in [0.05, 0.1) is 13.2 Å². The molecule has 0 radical (unpaired) electrons. The summed E-state index contributed by atoms with van der Waals surface area (Å²) in [4.78, 5) is 0. The van der Waals surface area contributed by atoms with Gasteiger partial charge >= 0.3 is 0 Å². The van der Waals surface area contributed by atoms with Crippen LogP contribution in [0.4, 0.5) is 0 Å². The molecule has 0 bridgehead atoms. The van der Waals surface area contributed by atoms with Gasteiger partial charge in [-0.2, -0.15) is 0 Å². The summed E-state index contributed by atoms with van der Waals surface area (Å²) >= 11 is 0. The molecule has 0 spiro atoms. The minimum atomic E-state index is -0.0324. The van der Waals surface area contributed by atoms with Crippen LogP contribution < -0.4 is 14.2 Å². The van der Waals surface area contributed by atoms with Gasteiger partial charge in [-0.1, -0.05) is 60.7 Å². The van der Waals surface area contributed by atoms with E-state index in [0.717, 1.165) is 44.9 Å². The van der Waals surface area contributed by atoms with Crippen molar-refractivity contribution in [2.75, 3.05) is 26.4 Å². The van der Waals surface area contributed by atoms with Crippen molar-refractivity contribution in [1.29, 1.82) is 0 Å². The SMILES string of the molecule is OCCOc1ccc(C(=C2c3ccccc3Oc3ccccc32)c2ccc(OCCO)cc2)cc1. The summed E-state index contributed by atoms with van der Waals surface area (Å²) in [5.74, 6) is 3.02. The fraction of sp³-hybridized carbons (Fsp3) is 0.133. The van der Waals surface area contributed by atoms with Crippen molar-refractivity contribution in [3.05, 3.63) is 119 Å². The molecule has 0 aliphatic carbocycles. The molecule has 1 heterocycles. The van der Waals surface area contributed by atoms with Crippen molar-refractivity contribution >= 4 is 11.1 Å². The van der Waals surface area contributed by atoms with E-state index >= 15 is 0 Å². The molecule has 1 aliphatic rings. The molecule has 0 amide bonds. The predicted octanol–water partition coefficient (Wildman–Crippen LogP) is 5.54. The average Bonchev–Trinajstić information content (AvgIpc) is 2.92. The van der Waals surface area contributed by atoms with Crippen LogP contribution in [0, 0.1) is 0 Å². The first-order valence-electron chi connectivity index (χ1n) is 11.6. The first-order valence-corrected chi connectivity index (χ1v) is 11.6. The second kappa shape index (κ2) is 10.5. The van der Waals surface area contributed by atoms with Crippen LogP contribution >= 0.6 is 0 Å². The van der Waals surface area contributed by atoms with Crippen LogP contribution in [0.15, 0.2) is 97.1 Å². The number of rotatable bonds is 8. The molecular formula is C30H26O5. The molecule has 4 aromatic carbocycles. The summed E-state index contributed by atoms with van der Waals surface area (Å²) < 4.78 is 17.4. The maximum absolute atomic E-state index is 9.08. The molecule has 0 atom stereocenters. The van der Waals surface area contributed by atoms with Gasteiger partial charge in [-0.3, -0.25) is 0 Å². The third-order valence-corrected chi connectivity index (χ3v) is 5.79. The van der Waals surface area contributed by atoms with Crippen molar-refractivity contribution in [3.63, 3.8) is 0 Å². The number of aliphatic hydroxyl groups is 2. The van der Waals surface area contributed by atoms with Crippen molar-refractivity contribution in [2.45, 2.75) is 0 Å². The van der Waals surface area contributed by atoms with E-state index in [1.54, 1.807) is 0 Å². The third kappa shape index (κ3) is 4.78. The Kier molecular flexibility index (Phi) is 6.80. The first kappa shape index (κ1) is 22.7. The van der Waals surface area contributed by atoms with E-state index in [1.807, 2.05) is 84.9 Å². The smallest absolute Gasteiger partial charge is 0.135 e. The Labute approximate surface area is 204 Å². The van der Waals surface area contributed by atoms with E-state index < -0.39 is 0 Å². The summed E-state index contributed by atoms with van der Waals surface area (Å²) in [5.41, 5.74) is 6.20. The molecule has 1 aliphatic heterocycles. The van der Waals surface area contributed by atoms with Gasteiger partial charge in [0.1, 0.15) is 36.2 Å². The van der Waals surface area contributed by atoms with Crippen LogP contribution in [0.5, 0.6) is 23.0 Å². The zero-order chi connectivity index (χ0) is 24.0. The molecule has 0 fully saturated rings. The largest absolute Gasteiger partial charge is 0.491 e. The molecule has 0 saturated heterocycles.